The number of para-hydroxylation sites is 1. The zero-order valence-electron chi connectivity index (χ0n) is 13.6. The van der Waals surface area contributed by atoms with E-state index in [9.17, 15) is 13.0 Å². The van der Waals surface area contributed by atoms with E-state index in [4.69, 9.17) is 4.99 Å². The monoisotopic (exact) mass is 351 g/mol. The van der Waals surface area contributed by atoms with E-state index in [1.54, 1.807) is 12.1 Å². The van der Waals surface area contributed by atoms with Gasteiger partial charge in [-0.15, -0.1) is 0 Å². The molecule has 1 heterocycles. The topological polar surface area (TPSA) is 66.7 Å². The second-order valence-electron chi connectivity index (χ2n) is 6.36. The third kappa shape index (κ3) is 2.75. The van der Waals surface area contributed by atoms with Gasteiger partial charge in [-0.2, -0.15) is 8.42 Å². The summed E-state index contributed by atoms with van der Waals surface area (Å²) in [6.07, 6.45) is 6.37. The van der Waals surface area contributed by atoms with Gasteiger partial charge in [-0.05, 0) is 35.3 Å². The molecule has 1 aliphatic heterocycles. The number of aliphatic imine (C=N–C) groups is 1. The molecule has 126 valence electrons. The standard InChI is InChI=1S/C20H17NO3S/c1-13-5-4-7-17-16-6-2-3-8-18(16)21-20(19(13)17)14-9-11-15(12-10-14)25(22,23)24/h2-13,19H,1H3,(H,22,23,24). The van der Waals surface area contributed by atoms with Crippen molar-refractivity contribution in [3.8, 4) is 0 Å². The Bertz CT molecular complexity index is 1030. The predicted molar refractivity (Wildman–Crippen MR) is 98.7 cm³/mol. The van der Waals surface area contributed by atoms with Gasteiger partial charge in [0.15, 0.2) is 0 Å². The van der Waals surface area contributed by atoms with Crippen molar-refractivity contribution in [2.45, 2.75) is 11.8 Å². The van der Waals surface area contributed by atoms with E-state index in [0.717, 1.165) is 22.5 Å². The molecule has 2 aliphatic rings. The normalized spacial score (nSPS) is 21.8. The lowest BCUT2D eigenvalue weighted by atomic mass is 9.73. The molecule has 2 aromatic rings. The van der Waals surface area contributed by atoms with Crippen LogP contribution in [-0.2, 0) is 10.1 Å². The van der Waals surface area contributed by atoms with Crippen molar-refractivity contribution >= 4 is 27.1 Å². The average molecular weight is 351 g/mol. The molecule has 0 saturated carbocycles. The van der Waals surface area contributed by atoms with E-state index in [0.29, 0.717) is 0 Å². The van der Waals surface area contributed by atoms with Gasteiger partial charge < -0.3 is 0 Å². The first kappa shape index (κ1) is 16.0. The molecule has 0 bridgehead atoms. The molecule has 0 aromatic heterocycles. The number of rotatable bonds is 2. The van der Waals surface area contributed by atoms with Crippen molar-refractivity contribution in [3.63, 3.8) is 0 Å². The summed E-state index contributed by atoms with van der Waals surface area (Å²) in [5.41, 5.74) is 5.07. The minimum Gasteiger partial charge on any atom is -0.282 e. The maximum atomic E-state index is 11.3. The summed E-state index contributed by atoms with van der Waals surface area (Å²) >= 11 is 0. The van der Waals surface area contributed by atoms with Crippen molar-refractivity contribution in [2.75, 3.05) is 0 Å². The lowest BCUT2D eigenvalue weighted by Gasteiger charge is -2.33. The first-order chi connectivity index (χ1) is 11.9. The van der Waals surface area contributed by atoms with Gasteiger partial charge in [-0.3, -0.25) is 9.55 Å². The van der Waals surface area contributed by atoms with Crippen LogP contribution in [0.3, 0.4) is 0 Å². The second kappa shape index (κ2) is 5.79. The molecular weight excluding hydrogens is 334 g/mol. The lowest BCUT2D eigenvalue weighted by molar-refractivity contribution is 0.483. The van der Waals surface area contributed by atoms with Crippen LogP contribution in [0.5, 0.6) is 0 Å². The molecule has 2 atom stereocenters. The first-order valence-electron chi connectivity index (χ1n) is 8.09. The third-order valence-electron chi connectivity index (χ3n) is 4.75. The van der Waals surface area contributed by atoms with E-state index >= 15 is 0 Å². The van der Waals surface area contributed by atoms with Crippen LogP contribution in [0, 0.1) is 11.8 Å². The van der Waals surface area contributed by atoms with Crippen molar-refractivity contribution in [2.24, 2.45) is 16.8 Å². The maximum absolute atomic E-state index is 11.3. The molecule has 4 nitrogen and oxygen atoms in total. The highest BCUT2D eigenvalue weighted by Crippen LogP contribution is 2.44. The van der Waals surface area contributed by atoms with Crippen LogP contribution < -0.4 is 0 Å². The van der Waals surface area contributed by atoms with Crippen LogP contribution >= 0.6 is 0 Å². The van der Waals surface area contributed by atoms with Crippen LogP contribution in [0.15, 0.2) is 76.6 Å². The minimum absolute atomic E-state index is 0.111. The summed E-state index contributed by atoms with van der Waals surface area (Å²) in [5.74, 6) is 0.407. The highest BCUT2D eigenvalue weighted by Gasteiger charge is 2.33. The molecule has 4 rings (SSSR count). The summed E-state index contributed by atoms with van der Waals surface area (Å²) in [4.78, 5) is 4.76. The fourth-order valence-corrected chi connectivity index (χ4v) is 4.02. The van der Waals surface area contributed by atoms with Crippen LogP contribution in [0.1, 0.15) is 18.1 Å². The number of allylic oxidation sites excluding steroid dienone is 4. The Kier molecular flexibility index (Phi) is 3.71. The summed E-state index contributed by atoms with van der Waals surface area (Å²) in [7, 11) is -4.20. The fraction of sp³-hybridized carbons (Fsp3) is 0.150. The van der Waals surface area contributed by atoms with Crippen LogP contribution in [0.25, 0.3) is 5.57 Å². The summed E-state index contributed by atoms with van der Waals surface area (Å²) in [6, 6.07) is 14.3. The molecule has 0 spiro atoms. The Morgan fingerprint density at radius 1 is 1.04 bits per heavy atom. The van der Waals surface area contributed by atoms with Crippen molar-refractivity contribution in [1.82, 2.24) is 0 Å². The van der Waals surface area contributed by atoms with Gasteiger partial charge in [0.1, 0.15) is 0 Å². The molecule has 0 radical (unpaired) electrons. The van der Waals surface area contributed by atoms with Crippen LogP contribution in [0.4, 0.5) is 5.69 Å². The van der Waals surface area contributed by atoms with E-state index in [1.165, 1.54) is 17.7 Å². The van der Waals surface area contributed by atoms with E-state index in [2.05, 4.69) is 31.2 Å². The quantitative estimate of drug-likeness (QED) is 0.822. The van der Waals surface area contributed by atoms with Gasteiger partial charge in [-0.1, -0.05) is 55.5 Å². The smallest absolute Gasteiger partial charge is 0.282 e. The molecule has 1 aliphatic carbocycles. The van der Waals surface area contributed by atoms with Crippen molar-refractivity contribution in [1.29, 1.82) is 0 Å². The molecule has 2 unspecified atom stereocenters. The largest absolute Gasteiger partial charge is 0.294 e. The molecule has 1 N–H and O–H groups in total. The Morgan fingerprint density at radius 3 is 2.48 bits per heavy atom. The van der Waals surface area contributed by atoms with Crippen molar-refractivity contribution in [3.05, 3.63) is 77.9 Å². The molecule has 5 heteroatoms. The Morgan fingerprint density at radius 2 is 1.76 bits per heavy atom. The first-order valence-corrected chi connectivity index (χ1v) is 9.53. The zero-order chi connectivity index (χ0) is 17.6. The Hall–Kier alpha value is -2.50. The minimum atomic E-state index is -4.20. The third-order valence-corrected chi connectivity index (χ3v) is 5.62. The molecule has 0 amide bonds. The van der Waals surface area contributed by atoms with Gasteiger partial charge in [0.05, 0.1) is 16.3 Å². The fourth-order valence-electron chi connectivity index (χ4n) is 3.54. The van der Waals surface area contributed by atoms with Gasteiger partial charge >= 0.3 is 0 Å². The van der Waals surface area contributed by atoms with Gasteiger partial charge in [0.2, 0.25) is 0 Å². The van der Waals surface area contributed by atoms with Gasteiger partial charge in [-0.25, -0.2) is 0 Å². The molecule has 0 fully saturated rings. The lowest BCUT2D eigenvalue weighted by Crippen LogP contribution is -2.27. The van der Waals surface area contributed by atoms with Crippen molar-refractivity contribution < 1.29 is 13.0 Å². The maximum Gasteiger partial charge on any atom is 0.294 e. The average Bonchev–Trinajstić information content (AvgIpc) is 2.60. The molecular formula is C20H17NO3S. The number of hydrogen-bond acceptors (Lipinski definition) is 3. The zero-order valence-corrected chi connectivity index (χ0v) is 14.4. The number of fused-ring (bicyclic) bond motifs is 3. The molecule has 0 saturated heterocycles. The molecule has 2 aromatic carbocycles. The summed E-state index contributed by atoms with van der Waals surface area (Å²) < 4.78 is 31.7. The Labute approximate surface area is 147 Å². The van der Waals surface area contributed by atoms with Gasteiger partial charge in [0, 0.05) is 11.5 Å². The predicted octanol–water partition coefficient (Wildman–Crippen LogP) is 4.27. The summed E-state index contributed by atoms with van der Waals surface area (Å²) in [6.45, 7) is 2.16. The van der Waals surface area contributed by atoms with Crippen LogP contribution in [-0.4, -0.2) is 18.7 Å². The molecule has 25 heavy (non-hydrogen) atoms. The van der Waals surface area contributed by atoms with E-state index < -0.39 is 10.1 Å². The highest BCUT2D eigenvalue weighted by atomic mass is 32.2. The van der Waals surface area contributed by atoms with E-state index in [1.807, 2.05) is 18.2 Å². The van der Waals surface area contributed by atoms with Crippen LogP contribution in [0.2, 0.25) is 0 Å². The summed E-state index contributed by atoms with van der Waals surface area (Å²) in [5, 5.41) is 0. The number of benzene rings is 2. The Balaban J connectivity index is 1.87. The van der Waals surface area contributed by atoms with E-state index in [-0.39, 0.29) is 16.7 Å². The highest BCUT2D eigenvalue weighted by molar-refractivity contribution is 7.85. The second-order valence-corrected chi connectivity index (χ2v) is 7.78. The number of hydrogen-bond donors (Lipinski definition) is 1. The SMILES string of the molecule is CC1C=CC=C2c3ccccc3N=C(c3ccc(S(=O)(=O)O)cc3)C21. The van der Waals surface area contributed by atoms with Gasteiger partial charge in [0.25, 0.3) is 10.1 Å². The number of nitrogens with zero attached hydrogens (tertiary/aromatic N) is 1.